The highest BCUT2D eigenvalue weighted by atomic mass is 19.1. The molecule has 0 fully saturated rings. The molecular weight excluding hydrogens is 191 g/mol. The Morgan fingerprint density at radius 3 is 3.07 bits per heavy atom. The second kappa shape index (κ2) is 4.62. The molecule has 0 atom stereocenters. The number of hydrogen-bond acceptors (Lipinski definition) is 2. The number of fused-ring (bicyclic) bond motifs is 1. The number of halogens is 1. The summed E-state index contributed by atoms with van der Waals surface area (Å²) in [5.41, 5.74) is 9.40. The van der Waals surface area contributed by atoms with E-state index in [1.54, 1.807) is 0 Å². The van der Waals surface area contributed by atoms with E-state index >= 15 is 0 Å². The van der Waals surface area contributed by atoms with Crippen LogP contribution in [0, 0.1) is 0 Å². The maximum absolute atomic E-state index is 12.1. The molecule has 0 aliphatic carbocycles. The van der Waals surface area contributed by atoms with Crippen molar-refractivity contribution in [1.82, 2.24) is 4.90 Å². The van der Waals surface area contributed by atoms with Crippen LogP contribution in [0.5, 0.6) is 0 Å². The molecule has 0 saturated heterocycles. The van der Waals surface area contributed by atoms with E-state index in [0.29, 0.717) is 6.42 Å². The monoisotopic (exact) mass is 208 g/mol. The Morgan fingerprint density at radius 1 is 1.40 bits per heavy atom. The molecule has 2 nitrogen and oxygen atoms in total. The Balaban J connectivity index is 2.07. The highest BCUT2D eigenvalue weighted by molar-refractivity contribution is 5.51. The normalized spacial score (nSPS) is 16.3. The number of nitrogens with two attached hydrogens (primary N) is 1. The molecule has 0 spiro atoms. The molecule has 1 heterocycles. The number of nitrogens with zero attached hydrogens (tertiary/aromatic N) is 1. The van der Waals surface area contributed by atoms with Crippen LogP contribution in [0.4, 0.5) is 10.1 Å². The van der Waals surface area contributed by atoms with Crippen molar-refractivity contribution in [2.45, 2.75) is 19.4 Å². The molecule has 3 heteroatoms. The number of anilines is 1. The van der Waals surface area contributed by atoms with Crippen molar-refractivity contribution in [3.63, 3.8) is 0 Å². The van der Waals surface area contributed by atoms with Crippen LogP contribution < -0.4 is 5.73 Å². The van der Waals surface area contributed by atoms with Gasteiger partial charge in [0.15, 0.2) is 0 Å². The summed E-state index contributed by atoms with van der Waals surface area (Å²) in [6.45, 7) is 2.55. The SMILES string of the molecule is Nc1cccc2c1CCN(CCCF)C2. The first kappa shape index (κ1) is 10.4. The highest BCUT2D eigenvalue weighted by Gasteiger charge is 2.16. The lowest BCUT2D eigenvalue weighted by Gasteiger charge is -2.29. The van der Waals surface area contributed by atoms with Gasteiger partial charge < -0.3 is 5.73 Å². The average Bonchev–Trinajstić information content (AvgIpc) is 2.26. The summed E-state index contributed by atoms with van der Waals surface area (Å²) in [6.07, 6.45) is 1.63. The standard InChI is InChI=1S/C12H17FN2/c13-6-2-7-15-8-5-11-10(9-15)3-1-4-12(11)14/h1,3-4H,2,5-9,14H2. The van der Waals surface area contributed by atoms with Crippen LogP contribution in [0.1, 0.15) is 17.5 Å². The fourth-order valence-corrected chi connectivity index (χ4v) is 2.17. The molecule has 2 N–H and O–H groups in total. The third kappa shape index (κ3) is 2.29. The fourth-order valence-electron chi connectivity index (χ4n) is 2.17. The number of alkyl halides is 1. The minimum Gasteiger partial charge on any atom is -0.398 e. The van der Waals surface area contributed by atoms with Gasteiger partial charge in [0.2, 0.25) is 0 Å². The Bertz CT molecular complexity index is 338. The topological polar surface area (TPSA) is 29.3 Å². The van der Waals surface area contributed by atoms with Gasteiger partial charge in [0.25, 0.3) is 0 Å². The van der Waals surface area contributed by atoms with Gasteiger partial charge in [-0.1, -0.05) is 12.1 Å². The van der Waals surface area contributed by atoms with E-state index in [1.807, 2.05) is 12.1 Å². The van der Waals surface area contributed by atoms with Gasteiger partial charge >= 0.3 is 0 Å². The Kier molecular flexibility index (Phi) is 3.21. The summed E-state index contributed by atoms with van der Waals surface area (Å²) in [5, 5.41) is 0. The lowest BCUT2D eigenvalue weighted by Crippen LogP contribution is -2.32. The molecule has 1 aromatic rings. The van der Waals surface area contributed by atoms with E-state index in [1.165, 1.54) is 11.1 Å². The molecule has 15 heavy (non-hydrogen) atoms. The molecule has 2 rings (SSSR count). The molecule has 0 radical (unpaired) electrons. The largest absolute Gasteiger partial charge is 0.398 e. The predicted molar refractivity (Wildman–Crippen MR) is 60.4 cm³/mol. The zero-order valence-electron chi connectivity index (χ0n) is 8.88. The summed E-state index contributed by atoms with van der Waals surface area (Å²) in [4.78, 5) is 2.29. The van der Waals surface area contributed by atoms with Crippen LogP contribution in [0.15, 0.2) is 18.2 Å². The van der Waals surface area contributed by atoms with Crippen molar-refractivity contribution >= 4 is 5.69 Å². The molecular formula is C12H17FN2. The summed E-state index contributed by atoms with van der Waals surface area (Å²) < 4.78 is 12.1. The Hall–Kier alpha value is -1.09. The van der Waals surface area contributed by atoms with Gasteiger partial charge in [0.1, 0.15) is 0 Å². The third-order valence-corrected chi connectivity index (χ3v) is 2.99. The van der Waals surface area contributed by atoms with Crippen LogP contribution in [-0.2, 0) is 13.0 Å². The molecule has 0 bridgehead atoms. The van der Waals surface area contributed by atoms with Crippen molar-refractivity contribution in [3.8, 4) is 0 Å². The van der Waals surface area contributed by atoms with E-state index in [-0.39, 0.29) is 6.67 Å². The zero-order valence-corrected chi connectivity index (χ0v) is 8.88. The van der Waals surface area contributed by atoms with Crippen molar-refractivity contribution < 1.29 is 4.39 Å². The van der Waals surface area contributed by atoms with E-state index in [9.17, 15) is 4.39 Å². The van der Waals surface area contributed by atoms with Crippen LogP contribution >= 0.6 is 0 Å². The van der Waals surface area contributed by atoms with Gasteiger partial charge in [0, 0.05) is 25.3 Å². The molecule has 0 aromatic heterocycles. The number of nitrogen functional groups attached to an aromatic ring is 1. The van der Waals surface area contributed by atoms with Gasteiger partial charge in [-0.05, 0) is 30.0 Å². The van der Waals surface area contributed by atoms with Crippen molar-refractivity contribution in [2.75, 3.05) is 25.5 Å². The van der Waals surface area contributed by atoms with Crippen molar-refractivity contribution in [2.24, 2.45) is 0 Å². The number of rotatable bonds is 3. The van der Waals surface area contributed by atoms with E-state index < -0.39 is 0 Å². The van der Waals surface area contributed by atoms with Gasteiger partial charge in [-0.15, -0.1) is 0 Å². The first-order valence-electron chi connectivity index (χ1n) is 5.46. The summed E-state index contributed by atoms with van der Waals surface area (Å²) >= 11 is 0. The van der Waals surface area contributed by atoms with Crippen LogP contribution in [-0.4, -0.2) is 24.7 Å². The highest BCUT2D eigenvalue weighted by Crippen LogP contribution is 2.23. The minimum absolute atomic E-state index is 0.222. The molecule has 0 saturated carbocycles. The first-order chi connectivity index (χ1) is 7.31. The van der Waals surface area contributed by atoms with E-state index in [4.69, 9.17) is 5.73 Å². The van der Waals surface area contributed by atoms with Crippen LogP contribution in [0.3, 0.4) is 0 Å². The molecule has 0 unspecified atom stereocenters. The van der Waals surface area contributed by atoms with Gasteiger partial charge in [-0.2, -0.15) is 0 Å². The number of benzene rings is 1. The second-order valence-corrected chi connectivity index (χ2v) is 4.05. The lowest BCUT2D eigenvalue weighted by molar-refractivity contribution is 0.241. The van der Waals surface area contributed by atoms with Crippen molar-refractivity contribution in [1.29, 1.82) is 0 Å². The molecule has 1 aromatic carbocycles. The summed E-state index contributed by atoms with van der Waals surface area (Å²) in [5.74, 6) is 0. The van der Waals surface area contributed by atoms with E-state index in [2.05, 4.69) is 11.0 Å². The number of hydrogen-bond donors (Lipinski definition) is 1. The van der Waals surface area contributed by atoms with Crippen LogP contribution in [0.25, 0.3) is 0 Å². The van der Waals surface area contributed by atoms with Crippen molar-refractivity contribution in [3.05, 3.63) is 29.3 Å². The van der Waals surface area contributed by atoms with Gasteiger partial charge in [0.05, 0.1) is 6.67 Å². The minimum atomic E-state index is -0.222. The predicted octanol–water partition coefficient (Wildman–Crippen LogP) is 1.99. The molecule has 82 valence electrons. The lowest BCUT2D eigenvalue weighted by atomic mass is 9.98. The summed E-state index contributed by atoms with van der Waals surface area (Å²) in [6, 6.07) is 6.07. The first-order valence-corrected chi connectivity index (χ1v) is 5.46. The van der Waals surface area contributed by atoms with Gasteiger partial charge in [-0.3, -0.25) is 9.29 Å². The summed E-state index contributed by atoms with van der Waals surface area (Å²) in [7, 11) is 0. The molecule has 1 aliphatic heterocycles. The maximum atomic E-state index is 12.1. The van der Waals surface area contributed by atoms with Crippen LogP contribution in [0.2, 0.25) is 0 Å². The second-order valence-electron chi connectivity index (χ2n) is 4.05. The third-order valence-electron chi connectivity index (χ3n) is 2.99. The smallest absolute Gasteiger partial charge is 0.0906 e. The molecule has 1 aliphatic rings. The Morgan fingerprint density at radius 2 is 2.27 bits per heavy atom. The zero-order chi connectivity index (χ0) is 10.7. The average molecular weight is 208 g/mol. The quantitative estimate of drug-likeness (QED) is 0.770. The molecule has 0 amide bonds. The maximum Gasteiger partial charge on any atom is 0.0906 e. The Labute approximate surface area is 89.9 Å². The fraction of sp³-hybridized carbons (Fsp3) is 0.500. The van der Waals surface area contributed by atoms with Gasteiger partial charge in [-0.25, -0.2) is 0 Å². The van der Waals surface area contributed by atoms with E-state index in [0.717, 1.165) is 31.7 Å².